The molecule has 8 heteroatoms. The topological polar surface area (TPSA) is 62.4 Å². The molecule has 0 aromatic heterocycles. The van der Waals surface area contributed by atoms with E-state index in [0.717, 1.165) is 15.2 Å². The number of anilines is 1. The van der Waals surface area contributed by atoms with Crippen LogP contribution in [0.3, 0.4) is 0 Å². The van der Waals surface area contributed by atoms with Crippen molar-refractivity contribution in [2.45, 2.75) is 0 Å². The summed E-state index contributed by atoms with van der Waals surface area (Å²) >= 11 is 8.57. The van der Waals surface area contributed by atoms with E-state index < -0.39 is 5.91 Å². The van der Waals surface area contributed by atoms with Crippen molar-refractivity contribution in [1.29, 1.82) is 0 Å². The minimum atomic E-state index is -0.404. The number of nitrogens with one attached hydrogen (secondary N) is 3. The average molecular weight is 448 g/mol. The second kappa shape index (κ2) is 8.79. The molecule has 5 nitrogen and oxygen atoms in total. The van der Waals surface area contributed by atoms with Crippen molar-refractivity contribution >= 4 is 55.6 Å². The van der Waals surface area contributed by atoms with Crippen molar-refractivity contribution < 1.29 is 13.9 Å². The summed E-state index contributed by atoms with van der Waals surface area (Å²) in [5, 5.41) is 5.05. The van der Waals surface area contributed by atoms with Gasteiger partial charge >= 0.3 is 0 Å². The quantitative estimate of drug-likeness (QED) is 0.414. The molecule has 3 aromatic rings. The highest BCUT2D eigenvalue weighted by Gasteiger charge is 2.09. The Morgan fingerprint density at radius 3 is 2.56 bits per heavy atom. The van der Waals surface area contributed by atoms with E-state index in [1.54, 1.807) is 6.07 Å². The molecule has 0 heterocycles. The molecular formula is C19H15BrFN3O2S. The summed E-state index contributed by atoms with van der Waals surface area (Å²) < 4.78 is 19.2. The summed E-state index contributed by atoms with van der Waals surface area (Å²) in [6, 6.07) is 17.2. The Morgan fingerprint density at radius 2 is 1.78 bits per heavy atom. The van der Waals surface area contributed by atoms with Crippen molar-refractivity contribution in [3.05, 3.63) is 71.0 Å². The van der Waals surface area contributed by atoms with Crippen LogP contribution in [0.15, 0.2) is 65.1 Å². The van der Waals surface area contributed by atoms with Gasteiger partial charge in [-0.1, -0.05) is 30.3 Å². The number of ether oxygens (including phenoxy) is 1. The van der Waals surface area contributed by atoms with Crippen LogP contribution in [0.5, 0.6) is 5.75 Å². The second-order valence-corrected chi connectivity index (χ2v) is 6.72. The van der Waals surface area contributed by atoms with Crippen molar-refractivity contribution in [3.8, 4) is 5.75 Å². The minimum Gasteiger partial charge on any atom is -0.483 e. The lowest BCUT2D eigenvalue weighted by Gasteiger charge is -2.13. The van der Waals surface area contributed by atoms with Gasteiger partial charge in [-0.25, -0.2) is 4.39 Å². The third kappa shape index (κ3) is 5.15. The average Bonchev–Trinajstić information content (AvgIpc) is 2.68. The van der Waals surface area contributed by atoms with Gasteiger partial charge in [-0.05, 0) is 69.3 Å². The first-order valence-corrected chi connectivity index (χ1v) is 9.14. The van der Waals surface area contributed by atoms with Gasteiger partial charge in [-0.15, -0.1) is 0 Å². The molecule has 0 aliphatic heterocycles. The molecule has 0 saturated heterocycles. The Morgan fingerprint density at radius 1 is 1.04 bits per heavy atom. The highest BCUT2D eigenvalue weighted by atomic mass is 79.9. The smallest absolute Gasteiger partial charge is 0.276 e. The van der Waals surface area contributed by atoms with Gasteiger partial charge in [-0.3, -0.25) is 15.6 Å². The fourth-order valence-corrected chi connectivity index (χ4v) is 3.10. The number of hydrogen-bond acceptors (Lipinski definition) is 3. The molecule has 0 aliphatic carbocycles. The van der Waals surface area contributed by atoms with E-state index in [-0.39, 0.29) is 17.5 Å². The number of thiocarbonyl (C=S) groups is 1. The van der Waals surface area contributed by atoms with Gasteiger partial charge in [0.05, 0.1) is 4.47 Å². The number of carbonyl (C=O) groups excluding carboxylic acids is 1. The predicted octanol–water partition coefficient (Wildman–Crippen LogP) is 4.14. The van der Waals surface area contributed by atoms with Crippen LogP contribution in [0.4, 0.5) is 10.1 Å². The molecule has 3 rings (SSSR count). The number of amides is 1. The first-order chi connectivity index (χ1) is 13.0. The van der Waals surface area contributed by atoms with E-state index in [9.17, 15) is 9.18 Å². The summed E-state index contributed by atoms with van der Waals surface area (Å²) in [4.78, 5) is 11.9. The lowest BCUT2D eigenvalue weighted by Crippen LogP contribution is -2.45. The van der Waals surface area contributed by atoms with Crippen LogP contribution in [0.25, 0.3) is 10.8 Å². The Hall–Kier alpha value is -2.71. The van der Waals surface area contributed by atoms with Crippen LogP contribution in [-0.2, 0) is 4.79 Å². The van der Waals surface area contributed by atoms with Gasteiger partial charge < -0.3 is 10.1 Å². The molecule has 0 aliphatic rings. The Labute approximate surface area is 169 Å². The molecule has 1 amide bonds. The molecule has 0 bridgehead atoms. The van der Waals surface area contributed by atoms with Gasteiger partial charge in [0.1, 0.15) is 11.6 Å². The lowest BCUT2D eigenvalue weighted by molar-refractivity contribution is -0.123. The molecule has 0 saturated carbocycles. The van der Waals surface area contributed by atoms with Crippen LogP contribution < -0.4 is 20.9 Å². The molecule has 3 aromatic carbocycles. The zero-order chi connectivity index (χ0) is 19.2. The molecular weight excluding hydrogens is 433 g/mol. The highest BCUT2D eigenvalue weighted by molar-refractivity contribution is 9.10. The Kier molecular flexibility index (Phi) is 6.20. The van der Waals surface area contributed by atoms with Crippen LogP contribution in [0, 0.1) is 5.82 Å². The highest BCUT2D eigenvalue weighted by Crippen LogP contribution is 2.32. The zero-order valence-corrected chi connectivity index (χ0v) is 16.4. The number of rotatable bonds is 4. The molecule has 0 spiro atoms. The van der Waals surface area contributed by atoms with Crippen molar-refractivity contribution in [3.63, 3.8) is 0 Å². The van der Waals surface area contributed by atoms with Gasteiger partial charge in [0, 0.05) is 5.69 Å². The number of hydrogen-bond donors (Lipinski definition) is 3. The number of benzene rings is 3. The Balaban J connectivity index is 1.49. The van der Waals surface area contributed by atoms with E-state index in [0.29, 0.717) is 11.4 Å². The largest absolute Gasteiger partial charge is 0.483 e. The zero-order valence-electron chi connectivity index (χ0n) is 14.0. The minimum absolute atomic E-state index is 0.168. The third-order valence-corrected chi connectivity index (χ3v) is 4.63. The summed E-state index contributed by atoms with van der Waals surface area (Å²) in [7, 11) is 0. The van der Waals surface area contributed by atoms with Gasteiger partial charge in [-0.2, -0.15) is 0 Å². The SMILES string of the molecule is O=C(COc1ccc2ccccc2c1Br)NNC(=S)Nc1ccc(F)cc1. The van der Waals surface area contributed by atoms with E-state index >= 15 is 0 Å². The maximum absolute atomic E-state index is 12.9. The Bertz CT molecular complexity index is 982. The van der Waals surface area contributed by atoms with Gasteiger partial charge in [0.25, 0.3) is 5.91 Å². The number of hydrazine groups is 1. The molecule has 0 fully saturated rings. The number of fused-ring (bicyclic) bond motifs is 1. The molecule has 0 unspecified atom stereocenters. The van der Waals surface area contributed by atoms with Crippen molar-refractivity contribution in [2.75, 3.05) is 11.9 Å². The number of carbonyl (C=O) groups is 1. The summed E-state index contributed by atoms with van der Waals surface area (Å²) in [5.41, 5.74) is 5.59. The van der Waals surface area contributed by atoms with Crippen LogP contribution in [-0.4, -0.2) is 17.6 Å². The first-order valence-electron chi connectivity index (χ1n) is 7.94. The molecule has 3 N–H and O–H groups in total. The standard InChI is InChI=1S/C19H15BrFN3O2S/c20-18-15-4-2-1-3-12(15)5-10-16(18)26-11-17(25)23-24-19(27)22-14-8-6-13(21)7-9-14/h1-10H,11H2,(H,23,25)(H2,22,24,27). The van der Waals surface area contributed by atoms with E-state index in [1.165, 1.54) is 24.3 Å². The number of halogens is 2. The lowest BCUT2D eigenvalue weighted by atomic mass is 10.1. The second-order valence-electron chi connectivity index (χ2n) is 5.52. The third-order valence-electron chi connectivity index (χ3n) is 3.60. The summed E-state index contributed by atoms with van der Waals surface area (Å²) in [6.07, 6.45) is 0. The van der Waals surface area contributed by atoms with Gasteiger partial charge in [0.15, 0.2) is 11.7 Å². The van der Waals surface area contributed by atoms with Gasteiger partial charge in [0.2, 0.25) is 0 Å². The predicted molar refractivity (Wildman–Crippen MR) is 111 cm³/mol. The summed E-state index contributed by atoms with van der Waals surface area (Å²) in [6.45, 7) is -0.191. The molecule has 0 radical (unpaired) electrons. The van der Waals surface area contributed by atoms with E-state index in [4.69, 9.17) is 17.0 Å². The fraction of sp³-hybridized carbons (Fsp3) is 0.0526. The summed E-state index contributed by atoms with van der Waals surface area (Å²) in [5.74, 6) is -0.182. The van der Waals surface area contributed by atoms with Crippen LogP contribution in [0.2, 0.25) is 0 Å². The van der Waals surface area contributed by atoms with E-state index in [2.05, 4.69) is 32.1 Å². The maximum Gasteiger partial charge on any atom is 0.276 e. The van der Waals surface area contributed by atoms with E-state index in [1.807, 2.05) is 30.3 Å². The van der Waals surface area contributed by atoms with Crippen LogP contribution in [0.1, 0.15) is 0 Å². The molecule has 138 valence electrons. The normalized spacial score (nSPS) is 10.3. The molecule has 0 atom stereocenters. The monoisotopic (exact) mass is 447 g/mol. The van der Waals surface area contributed by atoms with Crippen LogP contribution >= 0.6 is 28.1 Å². The van der Waals surface area contributed by atoms with Crippen molar-refractivity contribution in [2.24, 2.45) is 0 Å². The molecule has 27 heavy (non-hydrogen) atoms. The van der Waals surface area contributed by atoms with Crippen molar-refractivity contribution in [1.82, 2.24) is 10.9 Å². The first kappa shape index (κ1) is 19.1. The fourth-order valence-electron chi connectivity index (χ4n) is 2.33. The maximum atomic E-state index is 12.9.